The molecule has 0 spiro atoms. The first kappa shape index (κ1) is 11.3. The van der Waals surface area contributed by atoms with Crippen molar-refractivity contribution in [2.45, 2.75) is 6.42 Å². The smallest absolute Gasteiger partial charge is 0.240 e. The highest BCUT2D eigenvalue weighted by Gasteiger charge is 2.13. The summed E-state index contributed by atoms with van der Waals surface area (Å²) in [5, 5.41) is 4.16. The molecule has 0 atom stereocenters. The van der Waals surface area contributed by atoms with Gasteiger partial charge in [-0.1, -0.05) is 0 Å². The summed E-state index contributed by atoms with van der Waals surface area (Å²) >= 11 is 1.35. The largest absolute Gasteiger partial charge is 0.379 e. The lowest BCUT2D eigenvalue weighted by Crippen LogP contribution is -2.48. The predicted octanol–water partition coefficient (Wildman–Crippen LogP) is -0.369. The molecule has 1 aromatic heterocycles. The van der Waals surface area contributed by atoms with Crippen molar-refractivity contribution in [3.8, 4) is 0 Å². The fourth-order valence-corrected chi connectivity index (χ4v) is 2.02. The molecule has 88 valence electrons. The number of anilines is 1. The number of thiazole rings is 1. The van der Waals surface area contributed by atoms with Gasteiger partial charge < -0.3 is 10.5 Å². The molecule has 0 bridgehead atoms. The van der Waals surface area contributed by atoms with Crippen LogP contribution in [-0.4, -0.2) is 42.2 Å². The van der Waals surface area contributed by atoms with Crippen molar-refractivity contribution >= 4 is 22.4 Å². The number of nitrogens with zero attached hydrogens (tertiary/aromatic N) is 2. The van der Waals surface area contributed by atoms with E-state index in [0.29, 0.717) is 24.0 Å². The number of carbonyl (C=O) groups excluding carboxylic acids is 1. The molecule has 0 radical (unpaired) electrons. The Morgan fingerprint density at radius 1 is 1.62 bits per heavy atom. The fourth-order valence-electron chi connectivity index (χ4n) is 1.46. The van der Waals surface area contributed by atoms with Gasteiger partial charge in [-0.25, -0.2) is 9.99 Å². The first-order valence-electron chi connectivity index (χ1n) is 5.06. The van der Waals surface area contributed by atoms with Crippen molar-refractivity contribution in [1.82, 2.24) is 15.4 Å². The van der Waals surface area contributed by atoms with Crippen molar-refractivity contribution in [2.24, 2.45) is 0 Å². The third-order valence-corrected chi connectivity index (χ3v) is 2.93. The quantitative estimate of drug-likeness (QED) is 0.756. The van der Waals surface area contributed by atoms with Crippen LogP contribution < -0.4 is 11.2 Å². The molecule has 1 aromatic rings. The second-order valence-corrected chi connectivity index (χ2v) is 4.38. The van der Waals surface area contributed by atoms with Gasteiger partial charge in [0.2, 0.25) is 5.91 Å². The highest BCUT2D eigenvalue weighted by atomic mass is 32.1. The molecule has 2 heterocycles. The van der Waals surface area contributed by atoms with Crippen LogP contribution in [0.4, 0.5) is 5.13 Å². The number of nitrogens with two attached hydrogens (primary N) is 1. The van der Waals surface area contributed by atoms with Crippen molar-refractivity contribution in [1.29, 1.82) is 0 Å². The molecule has 1 aliphatic rings. The average Bonchev–Trinajstić information content (AvgIpc) is 2.65. The van der Waals surface area contributed by atoms with Crippen LogP contribution in [0.3, 0.4) is 0 Å². The Labute approximate surface area is 97.4 Å². The van der Waals surface area contributed by atoms with Gasteiger partial charge in [0.15, 0.2) is 5.13 Å². The minimum absolute atomic E-state index is 0.0628. The van der Waals surface area contributed by atoms with Crippen LogP contribution >= 0.6 is 11.3 Å². The van der Waals surface area contributed by atoms with Gasteiger partial charge in [0.05, 0.1) is 25.3 Å². The topological polar surface area (TPSA) is 80.5 Å². The maximum Gasteiger partial charge on any atom is 0.240 e. The molecule has 0 unspecified atom stereocenters. The Balaban J connectivity index is 1.79. The monoisotopic (exact) mass is 242 g/mol. The Morgan fingerprint density at radius 2 is 2.38 bits per heavy atom. The van der Waals surface area contributed by atoms with E-state index in [9.17, 15) is 4.79 Å². The molecule has 0 saturated carbocycles. The van der Waals surface area contributed by atoms with Crippen molar-refractivity contribution in [2.75, 3.05) is 32.0 Å². The fraction of sp³-hybridized carbons (Fsp3) is 0.556. The summed E-state index contributed by atoms with van der Waals surface area (Å²) in [5.41, 5.74) is 9.02. The number of hydrogen-bond acceptors (Lipinski definition) is 6. The SMILES string of the molecule is Nc1nc(CC(=O)NN2CCOCC2)cs1. The van der Waals surface area contributed by atoms with Crippen molar-refractivity contribution in [3.63, 3.8) is 0 Å². The summed E-state index contributed by atoms with van der Waals surface area (Å²) in [6.07, 6.45) is 0.269. The summed E-state index contributed by atoms with van der Waals surface area (Å²) < 4.78 is 5.18. The number of rotatable bonds is 3. The second-order valence-electron chi connectivity index (χ2n) is 3.49. The van der Waals surface area contributed by atoms with Crippen molar-refractivity contribution in [3.05, 3.63) is 11.1 Å². The summed E-state index contributed by atoms with van der Waals surface area (Å²) in [7, 11) is 0. The van der Waals surface area contributed by atoms with Crippen LogP contribution in [0, 0.1) is 0 Å². The molecule has 1 aliphatic heterocycles. The maximum atomic E-state index is 11.6. The van der Waals surface area contributed by atoms with E-state index >= 15 is 0 Å². The van der Waals surface area contributed by atoms with Crippen LogP contribution in [0.25, 0.3) is 0 Å². The molecule has 6 nitrogen and oxygen atoms in total. The Morgan fingerprint density at radius 3 is 3.00 bits per heavy atom. The lowest BCUT2D eigenvalue weighted by Gasteiger charge is -2.26. The molecule has 1 saturated heterocycles. The van der Waals surface area contributed by atoms with Crippen LogP contribution in [0.5, 0.6) is 0 Å². The van der Waals surface area contributed by atoms with Gasteiger partial charge in [0, 0.05) is 18.5 Å². The number of carbonyl (C=O) groups is 1. The van der Waals surface area contributed by atoms with Gasteiger partial charge in [-0.15, -0.1) is 11.3 Å². The second kappa shape index (κ2) is 5.24. The molecular formula is C9H14N4O2S. The molecule has 0 aliphatic carbocycles. The van der Waals surface area contributed by atoms with Gasteiger partial charge in [0.25, 0.3) is 0 Å². The first-order valence-corrected chi connectivity index (χ1v) is 5.94. The minimum Gasteiger partial charge on any atom is -0.379 e. The van der Waals surface area contributed by atoms with E-state index in [-0.39, 0.29) is 12.3 Å². The molecule has 1 fully saturated rings. The normalized spacial score (nSPS) is 17.2. The molecule has 1 amide bonds. The van der Waals surface area contributed by atoms with Crippen molar-refractivity contribution < 1.29 is 9.53 Å². The standard InChI is InChI=1S/C9H14N4O2S/c10-9-11-7(6-16-9)5-8(14)12-13-1-3-15-4-2-13/h6H,1-5H2,(H2,10,11)(H,12,14). The number of aromatic nitrogens is 1. The number of amides is 1. The van der Waals surface area contributed by atoms with Gasteiger partial charge in [-0.05, 0) is 0 Å². The zero-order valence-electron chi connectivity index (χ0n) is 8.81. The van der Waals surface area contributed by atoms with E-state index in [4.69, 9.17) is 10.5 Å². The molecule has 0 aromatic carbocycles. The maximum absolute atomic E-state index is 11.6. The third-order valence-electron chi connectivity index (χ3n) is 2.21. The van der Waals surface area contributed by atoms with Crippen LogP contribution in [-0.2, 0) is 16.0 Å². The summed E-state index contributed by atoms with van der Waals surface area (Å²) in [6, 6.07) is 0. The Bertz CT molecular complexity index is 362. The van der Waals surface area contributed by atoms with Crippen LogP contribution in [0.1, 0.15) is 5.69 Å². The van der Waals surface area contributed by atoms with E-state index in [1.807, 2.05) is 5.01 Å². The zero-order chi connectivity index (χ0) is 11.4. The highest BCUT2D eigenvalue weighted by molar-refractivity contribution is 7.13. The number of ether oxygens (including phenoxy) is 1. The highest BCUT2D eigenvalue weighted by Crippen LogP contribution is 2.11. The molecule has 7 heteroatoms. The van der Waals surface area contributed by atoms with E-state index in [0.717, 1.165) is 13.1 Å². The Kier molecular flexibility index (Phi) is 3.70. The number of morpholine rings is 1. The summed E-state index contributed by atoms with van der Waals surface area (Å²) in [6.45, 7) is 2.77. The first-order chi connectivity index (χ1) is 7.74. The van der Waals surface area contributed by atoms with E-state index in [1.54, 1.807) is 5.38 Å². The zero-order valence-corrected chi connectivity index (χ0v) is 9.63. The van der Waals surface area contributed by atoms with Gasteiger partial charge >= 0.3 is 0 Å². The predicted molar refractivity (Wildman–Crippen MR) is 60.8 cm³/mol. The molecule has 2 rings (SSSR count). The third kappa shape index (κ3) is 3.16. The van der Waals surface area contributed by atoms with E-state index in [1.165, 1.54) is 11.3 Å². The lowest BCUT2D eigenvalue weighted by atomic mass is 10.3. The van der Waals surface area contributed by atoms with Gasteiger partial charge in [-0.3, -0.25) is 10.2 Å². The van der Waals surface area contributed by atoms with E-state index in [2.05, 4.69) is 10.4 Å². The average molecular weight is 242 g/mol. The summed E-state index contributed by atoms with van der Waals surface area (Å²) in [5.74, 6) is -0.0628. The molecule has 16 heavy (non-hydrogen) atoms. The molecule has 3 N–H and O–H groups in total. The Hall–Kier alpha value is -1.18. The number of hydrazine groups is 1. The number of nitrogens with one attached hydrogen (secondary N) is 1. The minimum atomic E-state index is -0.0628. The van der Waals surface area contributed by atoms with Gasteiger partial charge in [0.1, 0.15) is 0 Å². The van der Waals surface area contributed by atoms with Crippen LogP contribution in [0.15, 0.2) is 5.38 Å². The lowest BCUT2D eigenvalue weighted by molar-refractivity contribution is -0.127. The number of nitrogen functional groups attached to an aromatic ring is 1. The summed E-state index contributed by atoms with van der Waals surface area (Å²) in [4.78, 5) is 15.7. The van der Waals surface area contributed by atoms with Crippen LogP contribution in [0.2, 0.25) is 0 Å². The number of hydrogen-bond donors (Lipinski definition) is 2. The van der Waals surface area contributed by atoms with Gasteiger partial charge in [-0.2, -0.15) is 0 Å². The van der Waals surface area contributed by atoms with E-state index < -0.39 is 0 Å². The molecular weight excluding hydrogens is 228 g/mol.